The molecular weight excluding hydrogens is 379 g/mol. The fourth-order valence-electron chi connectivity index (χ4n) is 3.09. The minimum Gasteiger partial charge on any atom is -0.483 e. The molecule has 0 saturated carbocycles. The average Bonchev–Trinajstić information content (AvgIpc) is 2.89. The van der Waals surface area contributed by atoms with Crippen molar-refractivity contribution in [2.75, 3.05) is 6.26 Å². The van der Waals surface area contributed by atoms with E-state index in [9.17, 15) is 4.21 Å². The Morgan fingerprint density at radius 3 is 2.56 bits per heavy atom. The number of halogens is 2. The van der Waals surface area contributed by atoms with Gasteiger partial charge in [-0.3, -0.25) is 8.78 Å². The number of imidazole rings is 1. The third-order valence-corrected chi connectivity index (χ3v) is 5.47. The van der Waals surface area contributed by atoms with E-state index >= 15 is 0 Å². The number of hydrogen-bond donors (Lipinski definition) is 0. The molecule has 0 fully saturated rings. The predicted molar refractivity (Wildman–Crippen MR) is 100 cm³/mol. The first-order chi connectivity index (χ1) is 11.9. The van der Waals surface area contributed by atoms with Gasteiger partial charge in [-0.25, -0.2) is 4.98 Å². The van der Waals surface area contributed by atoms with Gasteiger partial charge < -0.3 is 4.74 Å². The Morgan fingerprint density at radius 1 is 1.16 bits per heavy atom. The Hall–Kier alpha value is -1.82. The summed E-state index contributed by atoms with van der Waals surface area (Å²) in [5, 5.41) is 1.14. The van der Waals surface area contributed by atoms with Gasteiger partial charge in [-0.15, -0.1) is 0 Å². The summed E-state index contributed by atoms with van der Waals surface area (Å²) in [6.07, 6.45) is 1.65. The van der Waals surface area contributed by atoms with Crippen LogP contribution in [-0.4, -0.2) is 20.0 Å². The second kappa shape index (κ2) is 6.16. The van der Waals surface area contributed by atoms with Gasteiger partial charge in [0.25, 0.3) is 0 Å². The number of aromatic nitrogens is 2. The molecule has 1 atom stereocenters. The van der Waals surface area contributed by atoms with E-state index < -0.39 is 10.8 Å². The van der Waals surface area contributed by atoms with Crippen LogP contribution in [0.5, 0.6) is 5.75 Å². The lowest BCUT2D eigenvalue weighted by molar-refractivity contribution is 0.279. The third kappa shape index (κ3) is 2.86. The van der Waals surface area contributed by atoms with Gasteiger partial charge in [-0.05, 0) is 43.3 Å². The molecule has 128 valence electrons. The topological polar surface area (TPSA) is 44.1 Å². The van der Waals surface area contributed by atoms with Crippen molar-refractivity contribution in [3.05, 3.63) is 58.0 Å². The Balaban J connectivity index is 1.96. The van der Waals surface area contributed by atoms with Crippen molar-refractivity contribution >= 4 is 34.0 Å². The Labute approximate surface area is 157 Å². The first-order valence-electron chi connectivity index (χ1n) is 7.59. The van der Waals surface area contributed by atoms with Gasteiger partial charge in [0.2, 0.25) is 0 Å². The molecule has 0 saturated heterocycles. The minimum absolute atomic E-state index is 0.349. The van der Waals surface area contributed by atoms with Crippen molar-refractivity contribution in [2.45, 2.75) is 18.4 Å². The molecule has 1 aromatic heterocycles. The maximum absolute atomic E-state index is 11.8. The number of aryl methyl sites for hydroxylation is 1. The molecule has 1 aliphatic rings. The van der Waals surface area contributed by atoms with Crippen molar-refractivity contribution in [3.63, 3.8) is 0 Å². The van der Waals surface area contributed by atoms with E-state index in [4.69, 9.17) is 27.9 Å². The summed E-state index contributed by atoms with van der Waals surface area (Å²) in [5.74, 6) is 1.49. The van der Waals surface area contributed by atoms with Gasteiger partial charge in [-0.2, -0.15) is 0 Å². The fraction of sp³-hybridized carbons (Fsp3) is 0.167. The molecule has 4 rings (SSSR count). The highest BCUT2D eigenvalue weighted by Gasteiger charge is 2.25. The first-order valence-corrected chi connectivity index (χ1v) is 9.91. The quantitative estimate of drug-likeness (QED) is 0.629. The van der Waals surface area contributed by atoms with E-state index in [-0.39, 0.29) is 0 Å². The minimum atomic E-state index is -1.07. The van der Waals surface area contributed by atoms with Crippen LogP contribution in [0.1, 0.15) is 11.5 Å². The number of nitrogens with zero attached hydrogens (tertiary/aromatic N) is 2. The lowest BCUT2D eigenvalue weighted by atomic mass is 10.1. The molecule has 0 spiro atoms. The summed E-state index contributed by atoms with van der Waals surface area (Å²) in [5.41, 5.74) is 3.55. The third-order valence-electron chi connectivity index (χ3n) is 4.12. The van der Waals surface area contributed by atoms with Crippen molar-refractivity contribution in [3.8, 4) is 22.7 Å². The van der Waals surface area contributed by atoms with E-state index in [2.05, 4.69) is 9.55 Å². The Kier molecular flexibility index (Phi) is 4.10. The van der Waals surface area contributed by atoms with E-state index in [1.54, 1.807) is 12.3 Å². The number of rotatable bonds is 2. The summed E-state index contributed by atoms with van der Waals surface area (Å²) >= 11 is 12.4. The van der Waals surface area contributed by atoms with Crippen molar-refractivity contribution < 1.29 is 8.95 Å². The van der Waals surface area contributed by atoms with Crippen LogP contribution < -0.4 is 4.74 Å². The van der Waals surface area contributed by atoms with Crippen LogP contribution in [-0.2, 0) is 17.4 Å². The van der Waals surface area contributed by atoms with Crippen LogP contribution in [0.2, 0.25) is 10.0 Å². The van der Waals surface area contributed by atoms with Crippen LogP contribution in [0.15, 0.2) is 41.3 Å². The average molecular weight is 393 g/mol. The Bertz CT molecular complexity index is 1010. The molecule has 0 N–H and O–H groups in total. The summed E-state index contributed by atoms with van der Waals surface area (Å²) in [4.78, 5) is 5.36. The second-order valence-corrected chi connectivity index (χ2v) is 8.08. The molecule has 2 heterocycles. The van der Waals surface area contributed by atoms with Gasteiger partial charge in [-0.1, -0.05) is 23.2 Å². The highest BCUT2D eigenvalue weighted by Crippen LogP contribution is 2.38. The molecule has 1 aliphatic heterocycles. The predicted octanol–water partition coefficient (Wildman–Crippen LogP) is 4.78. The summed E-state index contributed by atoms with van der Waals surface area (Å²) in [6, 6.07) is 11.0. The maximum atomic E-state index is 11.8. The van der Waals surface area contributed by atoms with Gasteiger partial charge in [0.15, 0.2) is 5.82 Å². The number of hydrogen-bond acceptors (Lipinski definition) is 3. The largest absolute Gasteiger partial charge is 0.483 e. The molecule has 25 heavy (non-hydrogen) atoms. The van der Waals surface area contributed by atoms with E-state index in [1.807, 2.05) is 37.3 Å². The van der Waals surface area contributed by atoms with Gasteiger partial charge in [0.05, 0.1) is 17.1 Å². The highest BCUT2D eigenvalue weighted by molar-refractivity contribution is 7.84. The van der Waals surface area contributed by atoms with Gasteiger partial charge in [0, 0.05) is 37.6 Å². The summed E-state index contributed by atoms with van der Waals surface area (Å²) < 4.78 is 19.6. The smallest absolute Gasteiger partial charge is 0.152 e. The van der Waals surface area contributed by atoms with Crippen LogP contribution >= 0.6 is 23.2 Å². The second-order valence-electron chi connectivity index (χ2n) is 5.83. The van der Waals surface area contributed by atoms with Crippen LogP contribution in [0.3, 0.4) is 0 Å². The monoisotopic (exact) mass is 392 g/mol. The number of fused-ring (bicyclic) bond motifs is 3. The van der Waals surface area contributed by atoms with E-state index in [0.29, 0.717) is 22.4 Å². The van der Waals surface area contributed by atoms with Gasteiger partial charge in [0.1, 0.15) is 12.4 Å². The Morgan fingerprint density at radius 2 is 1.88 bits per heavy atom. The highest BCUT2D eigenvalue weighted by atomic mass is 35.5. The van der Waals surface area contributed by atoms with E-state index in [1.165, 1.54) is 0 Å². The van der Waals surface area contributed by atoms with Crippen molar-refractivity contribution in [1.29, 1.82) is 0 Å². The molecule has 7 heteroatoms. The van der Waals surface area contributed by atoms with Gasteiger partial charge >= 0.3 is 0 Å². The zero-order valence-corrected chi connectivity index (χ0v) is 15.9. The molecule has 0 bridgehead atoms. The summed E-state index contributed by atoms with van der Waals surface area (Å²) in [6.45, 7) is 2.30. The zero-order chi connectivity index (χ0) is 17.7. The fourth-order valence-corrected chi connectivity index (χ4v) is 4.15. The first kappa shape index (κ1) is 16.6. The van der Waals surface area contributed by atoms with Crippen molar-refractivity contribution in [2.24, 2.45) is 0 Å². The van der Waals surface area contributed by atoms with Crippen molar-refractivity contribution in [1.82, 2.24) is 9.55 Å². The van der Waals surface area contributed by atoms with Crippen LogP contribution in [0, 0.1) is 6.92 Å². The lowest BCUT2D eigenvalue weighted by Crippen LogP contribution is -2.14. The van der Waals surface area contributed by atoms with Crippen LogP contribution in [0.25, 0.3) is 16.9 Å². The number of benzene rings is 2. The zero-order valence-electron chi connectivity index (χ0n) is 13.5. The normalized spacial score (nSPS) is 13.8. The lowest BCUT2D eigenvalue weighted by Gasteiger charge is -2.22. The SMILES string of the molecule is Cc1nc2n(c1-c1cc(Cl)cc(Cl)c1)-c1ccc(S(C)=O)cc1OC2. The molecule has 1 unspecified atom stereocenters. The molecule has 4 nitrogen and oxygen atoms in total. The molecule has 3 aromatic rings. The maximum Gasteiger partial charge on any atom is 0.152 e. The molecule has 0 aliphatic carbocycles. The van der Waals surface area contributed by atoms with E-state index in [0.717, 1.165) is 33.4 Å². The van der Waals surface area contributed by atoms with Crippen LogP contribution in [0.4, 0.5) is 0 Å². The molecule has 2 aromatic carbocycles. The molecule has 0 radical (unpaired) electrons. The number of ether oxygens (including phenoxy) is 1. The standard InChI is InChI=1S/C18H14Cl2N2O2S/c1-10-18(11-5-12(19)7-13(20)6-11)22-15-4-3-14(25(2)23)8-16(15)24-9-17(22)21-10/h3-8H,9H2,1-2H3. The summed E-state index contributed by atoms with van der Waals surface area (Å²) in [7, 11) is -1.07. The molecule has 0 amide bonds. The molecular formula is C18H14Cl2N2O2S.